The molecule has 1 aliphatic heterocycles. The van der Waals surface area contributed by atoms with Gasteiger partial charge in [0.1, 0.15) is 11.3 Å². The maximum atomic E-state index is 11.8. The van der Waals surface area contributed by atoms with Crippen LogP contribution < -0.4 is 4.90 Å². The van der Waals surface area contributed by atoms with E-state index in [1.165, 1.54) is 16.7 Å². The van der Waals surface area contributed by atoms with Crippen molar-refractivity contribution < 1.29 is 9.53 Å². The van der Waals surface area contributed by atoms with Gasteiger partial charge in [0.05, 0.1) is 5.56 Å². The molecule has 0 aromatic carbocycles. The topological polar surface area (TPSA) is 55.3 Å². The molecule has 1 amide bonds. The van der Waals surface area contributed by atoms with Gasteiger partial charge in [-0.15, -0.1) is 0 Å². The van der Waals surface area contributed by atoms with E-state index >= 15 is 0 Å². The second kappa shape index (κ2) is 4.93. The second-order valence-electron chi connectivity index (χ2n) is 4.35. The zero-order chi connectivity index (χ0) is 13.4. The summed E-state index contributed by atoms with van der Waals surface area (Å²) in [4.78, 5) is 21.7. The summed E-state index contributed by atoms with van der Waals surface area (Å²) in [6.07, 6.45) is 1.05. The molecule has 1 aliphatic rings. The molecule has 5 nitrogen and oxygen atoms in total. The van der Waals surface area contributed by atoms with Gasteiger partial charge in [0.2, 0.25) is 0 Å². The molecule has 0 spiro atoms. The SMILES string of the molecule is CSc1nc(Cl)c2c(n1)N(C)C(=O)OC2C(C)C. The van der Waals surface area contributed by atoms with Crippen LogP contribution >= 0.6 is 23.4 Å². The number of amides is 1. The van der Waals surface area contributed by atoms with Gasteiger partial charge < -0.3 is 4.74 Å². The van der Waals surface area contributed by atoms with Gasteiger partial charge in [-0.2, -0.15) is 0 Å². The molecule has 0 saturated heterocycles. The van der Waals surface area contributed by atoms with E-state index in [0.717, 1.165) is 0 Å². The zero-order valence-corrected chi connectivity index (χ0v) is 12.2. The van der Waals surface area contributed by atoms with Crippen molar-refractivity contribution >= 4 is 35.3 Å². The number of thioether (sulfide) groups is 1. The van der Waals surface area contributed by atoms with Crippen molar-refractivity contribution in [1.29, 1.82) is 0 Å². The number of carbonyl (C=O) groups excluding carboxylic acids is 1. The number of aromatic nitrogens is 2. The summed E-state index contributed by atoms with van der Waals surface area (Å²) in [5.41, 5.74) is 0.687. The summed E-state index contributed by atoms with van der Waals surface area (Å²) in [5, 5.41) is 0.894. The lowest BCUT2D eigenvalue weighted by Gasteiger charge is -2.33. The van der Waals surface area contributed by atoms with Crippen LogP contribution in [0.2, 0.25) is 5.15 Å². The monoisotopic (exact) mass is 287 g/mol. The van der Waals surface area contributed by atoms with Crippen molar-refractivity contribution in [2.45, 2.75) is 25.1 Å². The molecule has 1 atom stereocenters. The number of rotatable bonds is 2. The van der Waals surface area contributed by atoms with E-state index < -0.39 is 12.2 Å². The lowest BCUT2D eigenvalue weighted by molar-refractivity contribution is 0.0704. The Morgan fingerprint density at radius 3 is 2.67 bits per heavy atom. The van der Waals surface area contributed by atoms with E-state index in [9.17, 15) is 4.79 Å². The first-order chi connectivity index (χ1) is 8.45. The standard InChI is InChI=1S/C11H14ClN3O2S/c1-5(2)7-6-8(12)13-10(18-4)14-9(6)15(3)11(16)17-7/h5,7H,1-4H3. The number of carbonyl (C=O) groups is 1. The predicted octanol–water partition coefficient (Wildman–Crippen LogP) is 3.14. The third kappa shape index (κ3) is 2.14. The molecule has 0 N–H and O–H groups in total. The van der Waals surface area contributed by atoms with Crippen molar-refractivity contribution in [2.75, 3.05) is 18.2 Å². The Kier molecular flexibility index (Phi) is 3.68. The Balaban J connectivity index is 2.62. The number of fused-ring (bicyclic) bond motifs is 1. The quantitative estimate of drug-likeness (QED) is 0.475. The summed E-state index contributed by atoms with van der Waals surface area (Å²) >= 11 is 7.58. The Morgan fingerprint density at radius 1 is 1.44 bits per heavy atom. The van der Waals surface area contributed by atoms with Gasteiger partial charge in [-0.3, -0.25) is 4.90 Å². The van der Waals surface area contributed by atoms with E-state index in [1.807, 2.05) is 20.1 Å². The Bertz CT molecular complexity index is 495. The zero-order valence-electron chi connectivity index (χ0n) is 10.6. The van der Waals surface area contributed by atoms with Gasteiger partial charge in [0.25, 0.3) is 0 Å². The molecule has 0 aliphatic carbocycles. The highest BCUT2D eigenvalue weighted by atomic mass is 35.5. The summed E-state index contributed by atoms with van der Waals surface area (Å²) in [6, 6.07) is 0. The summed E-state index contributed by atoms with van der Waals surface area (Å²) in [7, 11) is 1.62. The van der Waals surface area contributed by atoms with E-state index in [-0.39, 0.29) is 5.92 Å². The lowest BCUT2D eigenvalue weighted by atomic mass is 9.99. The van der Waals surface area contributed by atoms with E-state index in [2.05, 4.69) is 9.97 Å². The highest BCUT2D eigenvalue weighted by Gasteiger charge is 2.36. The van der Waals surface area contributed by atoms with Crippen LogP contribution in [0.3, 0.4) is 0 Å². The molecule has 1 aromatic rings. The minimum Gasteiger partial charge on any atom is -0.440 e. The third-order valence-electron chi connectivity index (χ3n) is 2.75. The summed E-state index contributed by atoms with van der Waals surface area (Å²) < 4.78 is 5.36. The number of nitrogens with zero attached hydrogens (tertiary/aromatic N) is 3. The molecule has 7 heteroatoms. The number of halogens is 1. The maximum absolute atomic E-state index is 11.8. The molecule has 0 saturated carbocycles. The Hall–Kier alpha value is -1.01. The van der Waals surface area contributed by atoms with E-state index in [1.54, 1.807) is 7.05 Å². The first kappa shape index (κ1) is 13.4. The average Bonchev–Trinajstić information content (AvgIpc) is 2.33. The lowest BCUT2D eigenvalue weighted by Crippen LogP contribution is -2.37. The first-order valence-corrected chi connectivity index (χ1v) is 7.11. The Morgan fingerprint density at radius 2 is 2.11 bits per heavy atom. The largest absolute Gasteiger partial charge is 0.440 e. The first-order valence-electron chi connectivity index (χ1n) is 5.51. The number of anilines is 1. The second-order valence-corrected chi connectivity index (χ2v) is 5.48. The fourth-order valence-electron chi connectivity index (χ4n) is 1.81. The molecule has 2 heterocycles. The smallest absolute Gasteiger partial charge is 0.415 e. The van der Waals surface area contributed by atoms with Crippen LogP contribution in [0, 0.1) is 5.92 Å². The summed E-state index contributed by atoms with van der Waals surface area (Å²) in [5.74, 6) is 0.650. The molecule has 1 aromatic heterocycles. The molecular formula is C11H14ClN3O2S. The van der Waals surface area contributed by atoms with Gasteiger partial charge in [0, 0.05) is 7.05 Å². The van der Waals surface area contributed by atoms with Crippen LogP contribution in [-0.4, -0.2) is 29.4 Å². The molecule has 1 unspecified atom stereocenters. The normalized spacial score (nSPS) is 18.9. The van der Waals surface area contributed by atoms with Crippen LogP contribution in [0.4, 0.5) is 10.6 Å². The highest BCUT2D eigenvalue weighted by Crippen LogP contribution is 2.40. The highest BCUT2D eigenvalue weighted by molar-refractivity contribution is 7.98. The van der Waals surface area contributed by atoms with E-state index in [4.69, 9.17) is 16.3 Å². The minimum atomic E-state index is -0.414. The van der Waals surface area contributed by atoms with Crippen LogP contribution in [0.5, 0.6) is 0 Å². The van der Waals surface area contributed by atoms with Gasteiger partial charge >= 0.3 is 6.09 Å². The Labute approximate surface area is 115 Å². The minimum absolute atomic E-state index is 0.114. The molecule has 0 bridgehead atoms. The number of ether oxygens (including phenoxy) is 1. The van der Waals surface area contributed by atoms with Gasteiger partial charge in [-0.1, -0.05) is 37.2 Å². The molecule has 0 radical (unpaired) electrons. The fraction of sp³-hybridized carbons (Fsp3) is 0.545. The van der Waals surface area contributed by atoms with Crippen molar-refractivity contribution in [2.24, 2.45) is 5.92 Å². The van der Waals surface area contributed by atoms with Crippen molar-refractivity contribution in [3.05, 3.63) is 10.7 Å². The summed E-state index contributed by atoms with van der Waals surface area (Å²) in [6.45, 7) is 3.93. The number of hydrogen-bond acceptors (Lipinski definition) is 5. The fourth-order valence-corrected chi connectivity index (χ4v) is 2.49. The molecule has 18 heavy (non-hydrogen) atoms. The number of cyclic esters (lactones) is 1. The average molecular weight is 288 g/mol. The van der Waals surface area contributed by atoms with Crippen molar-refractivity contribution in [1.82, 2.24) is 9.97 Å². The number of hydrogen-bond donors (Lipinski definition) is 0. The van der Waals surface area contributed by atoms with Crippen LogP contribution in [-0.2, 0) is 4.74 Å². The molecule has 0 fully saturated rings. The van der Waals surface area contributed by atoms with Gasteiger partial charge in [0.15, 0.2) is 11.0 Å². The molecule has 98 valence electrons. The van der Waals surface area contributed by atoms with Crippen LogP contribution in [0.1, 0.15) is 25.5 Å². The van der Waals surface area contributed by atoms with Crippen molar-refractivity contribution in [3.8, 4) is 0 Å². The third-order valence-corrected chi connectivity index (χ3v) is 3.59. The maximum Gasteiger partial charge on any atom is 0.415 e. The van der Waals surface area contributed by atoms with Crippen LogP contribution in [0.15, 0.2) is 5.16 Å². The molecule has 2 rings (SSSR count). The van der Waals surface area contributed by atoms with Gasteiger partial charge in [-0.25, -0.2) is 14.8 Å². The van der Waals surface area contributed by atoms with E-state index in [0.29, 0.717) is 21.7 Å². The van der Waals surface area contributed by atoms with Crippen LogP contribution in [0.25, 0.3) is 0 Å². The molecular weight excluding hydrogens is 274 g/mol. The van der Waals surface area contributed by atoms with Crippen molar-refractivity contribution in [3.63, 3.8) is 0 Å². The predicted molar refractivity (Wildman–Crippen MR) is 71.3 cm³/mol. The van der Waals surface area contributed by atoms with Gasteiger partial charge in [-0.05, 0) is 12.2 Å².